The number of nitrogens with zero attached hydrogens (tertiary/aromatic N) is 2. The highest BCUT2D eigenvalue weighted by atomic mass is 19.3. The fraction of sp³-hybridized carbons (Fsp3) is 0.571. The first-order valence-corrected chi connectivity index (χ1v) is 3.89. The van der Waals surface area contributed by atoms with Crippen LogP contribution in [-0.4, -0.2) is 21.5 Å². The van der Waals surface area contributed by atoms with Crippen molar-refractivity contribution in [1.82, 2.24) is 9.78 Å². The van der Waals surface area contributed by atoms with Crippen LogP contribution in [0, 0.1) is 5.82 Å². The van der Waals surface area contributed by atoms with E-state index in [0.717, 1.165) is 4.68 Å². The molecule has 0 saturated heterocycles. The minimum atomic E-state index is -3.38. The molecule has 0 aliphatic heterocycles. The van der Waals surface area contributed by atoms with Crippen molar-refractivity contribution in [3.63, 3.8) is 0 Å². The Labute approximate surface area is 78.1 Å². The molecule has 1 aromatic rings. The van der Waals surface area contributed by atoms with Gasteiger partial charge < -0.3 is 10.8 Å². The lowest BCUT2D eigenvalue weighted by Crippen LogP contribution is -2.11. The van der Waals surface area contributed by atoms with Crippen molar-refractivity contribution < 1.29 is 18.3 Å². The van der Waals surface area contributed by atoms with E-state index in [1.54, 1.807) is 0 Å². The summed E-state index contributed by atoms with van der Waals surface area (Å²) in [7, 11) is 0. The van der Waals surface area contributed by atoms with Gasteiger partial charge in [-0.3, -0.25) is 0 Å². The molecule has 1 aromatic heterocycles. The second-order valence-electron chi connectivity index (χ2n) is 2.88. The minimum absolute atomic E-state index is 0.112. The highest BCUT2D eigenvalue weighted by molar-refractivity contribution is 5.35. The first-order chi connectivity index (χ1) is 6.38. The Kier molecular flexibility index (Phi) is 2.70. The quantitative estimate of drug-likeness (QED) is 0.770. The molecule has 0 aliphatic rings. The zero-order chi connectivity index (χ0) is 10.9. The van der Waals surface area contributed by atoms with Crippen LogP contribution in [0.1, 0.15) is 12.6 Å². The van der Waals surface area contributed by atoms with Crippen LogP contribution >= 0.6 is 0 Å². The standard InChI is InChI=1S/C7H10F3N3O/c1-7(9,10)5-4(8)6(11)13(12-5)2-3-14/h14H,2-3,11H2,1H3. The number of aromatic nitrogens is 2. The summed E-state index contributed by atoms with van der Waals surface area (Å²) in [5.74, 6) is -5.10. The molecule has 7 heteroatoms. The number of hydrogen-bond acceptors (Lipinski definition) is 3. The zero-order valence-corrected chi connectivity index (χ0v) is 7.47. The highest BCUT2D eigenvalue weighted by Crippen LogP contribution is 2.30. The predicted octanol–water partition coefficient (Wildman–Crippen LogP) is 0.708. The number of aliphatic hydroxyl groups is 1. The zero-order valence-electron chi connectivity index (χ0n) is 7.47. The molecule has 0 aliphatic carbocycles. The van der Waals surface area contributed by atoms with E-state index in [1.165, 1.54) is 0 Å². The van der Waals surface area contributed by atoms with Crippen LogP contribution in [0.2, 0.25) is 0 Å². The van der Waals surface area contributed by atoms with Gasteiger partial charge in [0.25, 0.3) is 5.92 Å². The molecule has 0 bridgehead atoms. The molecule has 80 valence electrons. The Bertz CT molecular complexity index is 332. The second-order valence-corrected chi connectivity index (χ2v) is 2.88. The van der Waals surface area contributed by atoms with Gasteiger partial charge in [0, 0.05) is 6.92 Å². The van der Waals surface area contributed by atoms with E-state index in [4.69, 9.17) is 10.8 Å². The van der Waals surface area contributed by atoms with Crippen LogP contribution in [-0.2, 0) is 12.5 Å². The number of anilines is 1. The number of hydrogen-bond donors (Lipinski definition) is 2. The van der Waals surface area contributed by atoms with Crippen molar-refractivity contribution in [1.29, 1.82) is 0 Å². The first kappa shape index (κ1) is 10.8. The molecular weight excluding hydrogens is 199 g/mol. The summed E-state index contributed by atoms with van der Waals surface area (Å²) in [6.07, 6.45) is 0. The molecule has 0 atom stereocenters. The topological polar surface area (TPSA) is 64.1 Å². The third-order valence-corrected chi connectivity index (χ3v) is 1.66. The van der Waals surface area contributed by atoms with E-state index in [0.29, 0.717) is 6.92 Å². The Morgan fingerprint density at radius 1 is 1.57 bits per heavy atom. The van der Waals surface area contributed by atoms with Gasteiger partial charge in [0.2, 0.25) is 0 Å². The van der Waals surface area contributed by atoms with Gasteiger partial charge in [0.15, 0.2) is 17.3 Å². The van der Waals surface area contributed by atoms with Crippen LogP contribution in [0.25, 0.3) is 0 Å². The van der Waals surface area contributed by atoms with E-state index in [2.05, 4.69) is 5.10 Å². The molecule has 3 N–H and O–H groups in total. The Morgan fingerprint density at radius 2 is 2.14 bits per heavy atom. The van der Waals surface area contributed by atoms with Gasteiger partial charge in [-0.15, -0.1) is 0 Å². The summed E-state index contributed by atoms with van der Waals surface area (Å²) in [6, 6.07) is 0. The van der Waals surface area contributed by atoms with Crippen molar-refractivity contribution in [2.45, 2.75) is 19.4 Å². The summed E-state index contributed by atoms with van der Waals surface area (Å²) >= 11 is 0. The third-order valence-electron chi connectivity index (χ3n) is 1.66. The van der Waals surface area contributed by atoms with Crippen molar-refractivity contribution in [2.24, 2.45) is 0 Å². The number of aliphatic hydroxyl groups excluding tert-OH is 1. The molecule has 0 aromatic carbocycles. The van der Waals surface area contributed by atoms with Crippen molar-refractivity contribution in [2.75, 3.05) is 12.3 Å². The third kappa shape index (κ3) is 1.82. The molecule has 0 saturated carbocycles. The van der Waals surface area contributed by atoms with E-state index >= 15 is 0 Å². The van der Waals surface area contributed by atoms with Crippen molar-refractivity contribution in [3.8, 4) is 0 Å². The lowest BCUT2D eigenvalue weighted by Gasteiger charge is -2.05. The molecule has 0 fully saturated rings. The Morgan fingerprint density at radius 3 is 2.50 bits per heavy atom. The molecular formula is C7H10F3N3O. The van der Waals surface area contributed by atoms with E-state index < -0.39 is 23.3 Å². The smallest absolute Gasteiger partial charge is 0.291 e. The van der Waals surface area contributed by atoms with Gasteiger partial charge in [-0.05, 0) is 0 Å². The monoisotopic (exact) mass is 209 g/mol. The number of rotatable bonds is 3. The lowest BCUT2D eigenvalue weighted by molar-refractivity contribution is 0.00845. The number of halogens is 3. The van der Waals surface area contributed by atoms with Crippen LogP contribution in [0.5, 0.6) is 0 Å². The molecule has 0 radical (unpaired) electrons. The van der Waals surface area contributed by atoms with Crippen LogP contribution in [0.3, 0.4) is 0 Å². The van der Waals surface area contributed by atoms with Crippen molar-refractivity contribution in [3.05, 3.63) is 11.5 Å². The molecule has 0 amide bonds. The van der Waals surface area contributed by atoms with Crippen LogP contribution in [0.4, 0.5) is 19.0 Å². The molecule has 14 heavy (non-hydrogen) atoms. The predicted molar refractivity (Wildman–Crippen MR) is 43.3 cm³/mol. The average molecular weight is 209 g/mol. The van der Waals surface area contributed by atoms with E-state index in [-0.39, 0.29) is 13.2 Å². The maximum absolute atomic E-state index is 13.1. The summed E-state index contributed by atoms with van der Waals surface area (Å²) in [4.78, 5) is 0. The van der Waals surface area contributed by atoms with Crippen LogP contribution in [0.15, 0.2) is 0 Å². The molecule has 1 heterocycles. The van der Waals surface area contributed by atoms with Crippen molar-refractivity contribution >= 4 is 5.82 Å². The molecule has 4 nitrogen and oxygen atoms in total. The SMILES string of the molecule is CC(F)(F)c1nn(CCO)c(N)c1F. The van der Waals surface area contributed by atoms with Gasteiger partial charge in [0.1, 0.15) is 0 Å². The molecule has 1 rings (SSSR count). The normalized spacial score (nSPS) is 12.1. The molecule has 0 spiro atoms. The fourth-order valence-electron chi connectivity index (χ4n) is 0.999. The van der Waals surface area contributed by atoms with Crippen LogP contribution < -0.4 is 5.73 Å². The van der Waals surface area contributed by atoms with Gasteiger partial charge in [-0.1, -0.05) is 0 Å². The Balaban J connectivity index is 3.15. The lowest BCUT2D eigenvalue weighted by atomic mass is 10.2. The highest BCUT2D eigenvalue weighted by Gasteiger charge is 2.34. The number of alkyl halides is 2. The molecule has 0 unspecified atom stereocenters. The summed E-state index contributed by atoms with van der Waals surface area (Å²) < 4.78 is 39.3. The first-order valence-electron chi connectivity index (χ1n) is 3.89. The summed E-state index contributed by atoms with van der Waals surface area (Å²) in [6.45, 7) is 0.0695. The second kappa shape index (κ2) is 3.49. The number of nitrogens with two attached hydrogens (primary N) is 1. The van der Waals surface area contributed by atoms with Gasteiger partial charge in [0.05, 0.1) is 13.2 Å². The summed E-state index contributed by atoms with van der Waals surface area (Å²) in [5.41, 5.74) is 4.17. The van der Waals surface area contributed by atoms with E-state index in [1.807, 2.05) is 0 Å². The average Bonchev–Trinajstić information content (AvgIpc) is 2.32. The summed E-state index contributed by atoms with van der Waals surface area (Å²) in [5, 5.41) is 11.8. The van der Waals surface area contributed by atoms with Gasteiger partial charge in [-0.2, -0.15) is 13.9 Å². The van der Waals surface area contributed by atoms with Gasteiger partial charge >= 0.3 is 0 Å². The fourth-order valence-corrected chi connectivity index (χ4v) is 0.999. The minimum Gasteiger partial charge on any atom is -0.394 e. The maximum Gasteiger partial charge on any atom is 0.291 e. The van der Waals surface area contributed by atoms with E-state index in [9.17, 15) is 13.2 Å². The Hall–Kier alpha value is -1.24. The van der Waals surface area contributed by atoms with Gasteiger partial charge in [-0.25, -0.2) is 9.07 Å². The maximum atomic E-state index is 13.1. The number of nitrogen functional groups attached to an aromatic ring is 1. The largest absolute Gasteiger partial charge is 0.394 e.